The Morgan fingerprint density at radius 2 is 1.82 bits per heavy atom. The van der Waals surface area contributed by atoms with Crippen LogP contribution in [0.2, 0.25) is 0 Å². The van der Waals surface area contributed by atoms with Crippen LogP contribution in [0.3, 0.4) is 0 Å². The van der Waals surface area contributed by atoms with E-state index in [1.807, 2.05) is 6.07 Å². The summed E-state index contributed by atoms with van der Waals surface area (Å²) in [6, 6.07) is 12.2. The highest BCUT2D eigenvalue weighted by molar-refractivity contribution is 6.25. The topological polar surface area (TPSA) is 158 Å². The monoisotopic (exact) mass is 599 g/mol. The zero-order chi connectivity index (χ0) is 31.0. The maximum Gasteiger partial charge on any atom is 0.264 e. The number of primary amides is 1. The molecule has 0 saturated carbocycles. The minimum absolute atomic E-state index is 0.0399. The summed E-state index contributed by atoms with van der Waals surface area (Å²) in [6.07, 6.45) is 1.58. The van der Waals surface area contributed by atoms with E-state index in [0.717, 1.165) is 10.7 Å². The van der Waals surface area contributed by atoms with Crippen molar-refractivity contribution >= 4 is 41.0 Å². The number of piperidine rings is 1. The molecule has 2 saturated heterocycles. The van der Waals surface area contributed by atoms with Crippen molar-refractivity contribution in [3.05, 3.63) is 88.4 Å². The number of nitrogens with zero attached hydrogens (tertiary/aromatic N) is 4. The number of halogens is 1. The fourth-order valence-electron chi connectivity index (χ4n) is 5.78. The first-order valence-corrected chi connectivity index (χ1v) is 14.3. The Kier molecular flexibility index (Phi) is 7.78. The summed E-state index contributed by atoms with van der Waals surface area (Å²) in [6.45, 7) is 3.48. The molecule has 1 atom stereocenters. The molecule has 226 valence electrons. The number of anilines is 2. The second-order valence-electron chi connectivity index (χ2n) is 11.0. The molecule has 4 N–H and O–H groups in total. The van der Waals surface area contributed by atoms with Gasteiger partial charge in [0.05, 0.1) is 16.7 Å². The number of nitrogens with one attached hydrogen (secondary N) is 2. The van der Waals surface area contributed by atoms with E-state index in [2.05, 4.69) is 25.4 Å². The Balaban J connectivity index is 1.06. The number of fused-ring (bicyclic) bond motifs is 1. The van der Waals surface area contributed by atoms with Crippen molar-refractivity contribution in [2.75, 3.05) is 36.4 Å². The fourth-order valence-corrected chi connectivity index (χ4v) is 5.78. The Hall–Kier alpha value is -5.17. The van der Waals surface area contributed by atoms with Crippen LogP contribution in [-0.2, 0) is 22.7 Å². The van der Waals surface area contributed by atoms with Crippen LogP contribution in [0, 0.1) is 5.82 Å². The maximum absolute atomic E-state index is 15.1. The summed E-state index contributed by atoms with van der Waals surface area (Å²) in [4.78, 5) is 71.1. The lowest BCUT2D eigenvalue weighted by Crippen LogP contribution is -2.54. The molecular formula is C31H30FN7O5. The number of hydrogen-bond acceptors (Lipinski definition) is 9. The quantitative estimate of drug-likeness (QED) is 0.328. The van der Waals surface area contributed by atoms with Crippen LogP contribution in [0.25, 0.3) is 0 Å². The Labute approximate surface area is 252 Å². The predicted molar refractivity (Wildman–Crippen MR) is 157 cm³/mol. The number of amides is 5. The van der Waals surface area contributed by atoms with E-state index in [4.69, 9.17) is 5.73 Å². The van der Waals surface area contributed by atoms with Gasteiger partial charge in [-0.3, -0.25) is 39.1 Å². The van der Waals surface area contributed by atoms with Gasteiger partial charge in [0.25, 0.3) is 11.8 Å². The smallest absolute Gasteiger partial charge is 0.264 e. The minimum Gasteiger partial charge on any atom is -0.380 e. The number of imide groups is 2. The molecule has 3 aliphatic heterocycles. The van der Waals surface area contributed by atoms with E-state index in [9.17, 15) is 24.0 Å². The zero-order valence-electron chi connectivity index (χ0n) is 23.7. The number of hydrogen-bond donors (Lipinski definition) is 3. The zero-order valence-corrected chi connectivity index (χ0v) is 23.7. The van der Waals surface area contributed by atoms with Gasteiger partial charge >= 0.3 is 0 Å². The molecule has 0 spiro atoms. The highest BCUT2D eigenvalue weighted by Gasteiger charge is 2.45. The lowest BCUT2D eigenvalue weighted by atomic mass is 10.0. The largest absolute Gasteiger partial charge is 0.380 e. The average Bonchev–Trinajstić information content (AvgIpc) is 3.27. The van der Waals surface area contributed by atoms with E-state index in [1.165, 1.54) is 18.3 Å². The Morgan fingerprint density at radius 1 is 1.02 bits per heavy atom. The molecule has 5 amide bonds. The third kappa shape index (κ3) is 5.61. The molecule has 6 rings (SSSR count). The second kappa shape index (κ2) is 11.8. The van der Waals surface area contributed by atoms with Gasteiger partial charge in [0.15, 0.2) is 0 Å². The van der Waals surface area contributed by atoms with Crippen LogP contribution in [0.4, 0.5) is 15.9 Å². The van der Waals surface area contributed by atoms with Crippen molar-refractivity contribution in [3.63, 3.8) is 0 Å². The highest BCUT2D eigenvalue weighted by Crippen LogP contribution is 2.32. The predicted octanol–water partition coefficient (Wildman–Crippen LogP) is 1.66. The molecule has 12 nitrogen and oxygen atoms in total. The average molecular weight is 600 g/mol. The number of pyridine rings is 1. The maximum atomic E-state index is 15.1. The lowest BCUT2D eigenvalue weighted by molar-refractivity contribution is -0.136. The number of carbonyl (C=O) groups excluding carboxylic acids is 5. The van der Waals surface area contributed by atoms with Crippen LogP contribution in [-0.4, -0.2) is 76.5 Å². The first-order chi connectivity index (χ1) is 21.2. The summed E-state index contributed by atoms with van der Waals surface area (Å²) in [5, 5.41) is 5.33. The molecule has 4 heterocycles. The molecule has 44 heavy (non-hydrogen) atoms. The van der Waals surface area contributed by atoms with Crippen molar-refractivity contribution in [2.45, 2.75) is 32.0 Å². The van der Waals surface area contributed by atoms with Gasteiger partial charge in [-0.1, -0.05) is 18.2 Å². The highest BCUT2D eigenvalue weighted by atomic mass is 19.1. The van der Waals surface area contributed by atoms with E-state index >= 15 is 4.39 Å². The third-order valence-corrected chi connectivity index (χ3v) is 8.19. The molecule has 1 unspecified atom stereocenters. The number of benzene rings is 2. The van der Waals surface area contributed by atoms with Crippen LogP contribution in [0.1, 0.15) is 55.0 Å². The number of piperazine rings is 1. The summed E-state index contributed by atoms with van der Waals surface area (Å²) < 4.78 is 15.1. The van der Waals surface area contributed by atoms with Crippen molar-refractivity contribution in [3.8, 4) is 0 Å². The molecule has 0 aliphatic carbocycles. The van der Waals surface area contributed by atoms with Gasteiger partial charge < -0.3 is 16.0 Å². The summed E-state index contributed by atoms with van der Waals surface area (Å²) in [5.74, 6) is -2.41. The van der Waals surface area contributed by atoms with Crippen molar-refractivity contribution in [1.82, 2.24) is 20.1 Å². The fraction of sp³-hybridized carbons (Fsp3) is 0.290. The number of nitrogens with two attached hydrogens (primary N) is 1. The van der Waals surface area contributed by atoms with Crippen molar-refractivity contribution in [2.24, 2.45) is 5.73 Å². The molecule has 0 radical (unpaired) electrons. The summed E-state index contributed by atoms with van der Waals surface area (Å²) >= 11 is 0. The number of aromatic nitrogens is 1. The van der Waals surface area contributed by atoms with Gasteiger partial charge in [0.2, 0.25) is 17.7 Å². The van der Waals surface area contributed by atoms with Gasteiger partial charge in [-0.2, -0.15) is 0 Å². The SMILES string of the molecule is NC(=O)c1ccc(N2CCN(Cc3ccc(CNc4cccc5c4C(=O)N(C4CCC(=O)NC4=O)C5=O)cc3F)CC2)nc1. The lowest BCUT2D eigenvalue weighted by Gasteiger charge is -2.35. The minimum atomic E-state index is -1.05. The van der Waals surface area contributed by atoms with E-state index in [1.54, 1.807) is 30.3 Å². The number of rotatable bonds is 8. The molecule has 0 bridgehead atoms. The second-order valence-corrected chi connectivity index (χ2v) is 11.0. The van der Waals surface area contributed by atoms with Crippen LogP contribution in [0.5, 0.6) is 0 Å². The molecule has 2 fully saturated rings. The Bertz CT molecular complexity index is 1670. The van der Waals surface area contributed by atoms with Gasteiger partial charge in [0.1, 0.15) is 17.7 Å². The first-order valence-electron chi connectivity index (χ1n) is 14.3. The van der Waals surface area contributed by atoms with E-state index in [-0.39, 0.29) is 36.3 Å². The number of carbonyl (C=O) groups is 5. The molecule has 3 aromatic rings. The summed E-state index contributed by atoms with van der Waals surface area (Å²) in [7, 11) is 0. The van der Waals surface area contributed by atoms with Gasteiger partial charge in [0, 0.05) is 63.1 Å². The van der Waals surface area contributed by atoms with Crippen LogP contribution in [0.15, 0.2) is 54.7 Å². The van der Waals surface area contributed by atoms with Crippen molar-refractivity contribution in [1.29, 1.82) is 0 Å². The van der Waals surface area contributed by atoms with Gasteiger partial charge in [-0.25, -0.2) is 9.37 Å². The van der Waals surface area contributed by atoms with E-state index < -0.39 is 35.6 Å². The van der Waals surface area contributed by atoms with Gasteiger partial charge in [-0.15, -0.1) is 0 Å². The van der Waals surface area contributed by atoms with Crippen LogP contribution >= 0.6 is 0 Å². The molecular weight excluding hydrogens is 569 g/mol. The summed E-state index contributed by atoms with van der Waals surface area (Å²) in [5.41, 5.74) is 7.58. The Morgan fingerprint density at radius 3 is 2.50 bits per heavy atom. The molecule has 1 aromatic heterocycles. The molecule has 2 aromatic carbocycles. The van der Waals surface area contributed by atoms with Crippen molar-refractivity contribution < 1.29 is 28.4 Å². The van der Waals surface area contributed by atoms with E-state index in [0.29, 0.717) is 55.1 Å². The third-order valence-electron chi connectivity index (χ3n) is 8.19. The normalized spacial score (nSPS) is 18.8. The van der Waals surface area contributed by atoms with Crippen LogP contribution < -0.4 is 21.3 Å². The molecule has 13 heteroatoms. The molecule has 3 aliphatic rings. The standard InChI is InChI=1S/C31H30FN7O5/c32-22-14-18(4-5-20(22)17-37-10-12-38(13-11-37)25-8-6-19(16-35-25)28(33)41)15-34-23-3-1-2-21-27(23)31(44)39(30(21)43)24-7-9-26(40)36-29(24)42/h1-6,8,14,16,24,34H,7,9-13,15,17H2,(H2,33,41)(H,36,40,42). The first kappa shape index (κ1) is 28.9. The van der Waals surface area contributed by atoms with Gasteiger partial charge in [-0.05, 0) is 42.3 Å².